The molecule has 0 heterocycles. The SMILES string of the molecule is CC1(C)CCC(N)(c2ccc(Cl)c(Cl)c2)C1. The van der Waals surface area contributed by atoms with E-state index in [1.807, 2.05) is 18.2 Å². The van der Waals surface area contributed by atoms with Crippen LogP contribution in [-0.4, -0.2) is 0 Å². The second-order valence-corrected chi connectivity index (χ2v) is 6.44. The van der Waals surface area contributed by atoms with Crippen LogP contribution in [0.4, 0.5) is 0 Å². The molecule has 2 N–H and O–H groups in total. The zero-order valence-corrected chi connectivity index (χ0v) is 11.2. The Morgan fingerprint density at radius 2 is 1.81 bits per heavy atom. The summed E-state index contributed by atoms with van der Waals surface area (Å²) >= 11 is 12.0. The van der Waals surface area contributed by atoms with Gasteiger partial charge < -0.3 is 5.73 Å². The number of halogens is 2. The van der Waals surface area contributed by atoms with Crippen LogP contribution in [0.25, 0.3) is 0 Å². The molecule has 0 bridgehead atoms. The highest BCUT2D eigenvalue weighted by Crippen LogP contribution is 2.47. The number of nitrogens with two attached hydrogens (primary N) is 1. The van der Waals surface area contributed by atoms with Crippen molar-refractivity contribution in [3.8, 4) is 0 Å². The lowest BCUT2D eigenvalue weighted by Crippen LogP contribution is -2.34. The van der Waals surface area contributed by atoms with Crippen molar-refractivity contribution in [3.63, 3.8) is 0 Å². The summed E-state index contributed by atoms with van der Waals surface area (Å²) in [6, 6.07) is 5.74. The van der Waals surface area contributed by atoms with Gasteiger partial charge >= 0.3 is 0 Å². The molecule has 1 aliphatic rings. The number of hydrogen-bond acceptors (Lipinski definition) is 1. The molecule has 1 fully saturated rings. The van der Waals surface area contributed by atoms with Gasteiger partial charge in [-0.1, -0.05) is 43.1 Å². The molecule has 0 aromatic heterocycles. The third-order valence-electron chi connectivity index (χ3n) is 3.54. The van der Waals surface area contributed by atoms with E-state index in [0.717, 1.165) is 24.8 Å². The third kappa shape index (κ3) is 2.22. The van der Waals surface area contributed by atoms with Crippen LogP contribution in [0.15, 0.2) is 18.2 Å². The van der Waals surface area contributed by atoms with E-state index in [4.69, 9.17) is 28.9 Å². The minimum Gasteiger partial charge on any atom is -0.321 e. The van der Waals surface area contributed by atoms with Crippen LogP contribution in [-0.2, 0) is 5.54 Å². The highest BCUT2D eigenvalue weighted by molar-refractivity contribution is 6.42. The minimum absolute atomic E-state index is 0.238. The molecule has 0 saturated heterocycles. The van der Waals surface area contributed by atoms with Crippen LogP contribution >= 0.6 is 23.2 Å². The number of rotatable bonds is 1. The van der Waals surface area contributed by atoms with Crippen LogP contribution < -0.4 is 5.73 Å². The molecule has 88 valence electrons. The first-order valence-corrected chi connectivity index (χ1v) is 6.32. The van der Waals surface area contributed by atoms with Crippen LogP contribution in [0.3, 0.4) is 0 Å². The van der Waals surface area contributed by atoms with Crippen LogP contribution in [0, 0.1) is 5.41 Å². The topological polar surface area (TPSA) is 26.0 Å². The lowest BCUT2D eigenvalue weighted by molar-refractivity contribution is 0.339. The fraction of sp³-hybridized carbons (Fsp3) is 0.538. The summed E-state index contributed by atoms with van der Waals surface area (Å²) in [6.07, 6.45) is 3.17. The van der Waals surface area contributed by atoms with Crippen molar-refractivity contribution in [1.29, 1.82) is 0 Å². The Bertz CT molecular complexity index is 414. The second-order valence-electron chi connectivity index (χ2n) is 5.63. The van der Waals surface area contributed by atoms with E-state index >= 15 is 0 Å². The van der Waals surface area contributed by atoms with E-state index in [-0.39, 0.29) is 5.54 Å². The van der Waals surface area contributed by atoms with Gasteiger partial charge in [0.05, 0.1) is 10.0 Å². The fourth-order valence-corrected chi connectivity index (χ4v) is 2.94. The van der Waals surface area contributed by atoms with Gasteiger partial charge in [0.25, 0.3) is 0 Å². The fourth-order valence-electron chi connectivity index (χ4n) is 2.64. The molecule has 1 aromatic rings. The Morgan fingerprint density at radius 1 is 1.12 bits per heavy atom. The summed E-state index contributed by atoms with van der Waals surface area (Å²) in [5.74, 6) is 0. The molecule has 1 nitrogen and oxygen atoms in total. The van der Waals surface area contributed by atoms with Gasteiger partial charge in [-0.05, 0) is 42.4 Å². The van der Waals surface area contributed by atoms with Crippen molar-refractivity contribution in [2.45, 2.75) is 38.6 Å². The Balaban J connectivity index is 2.34. The first-order valence-electron chi connectivity index (χ1n) is 5.57. The maximum atomic E-state index is 6.47. The third-order valence-corrected chi connectivity index (χ3v) is 4.28. The smallest absolute Gasteiger partial charge is 0.0595 e. The largest absolute Gasteiger partial charge is 0.321 e. The quantitative estimate of drug-likeness (QED) is 0.795. The van der Waals surface area contributed by atoms with E-state index in [2.05, 4.69) is 13.8 Å². The van der Waals surface area contributed by atoms with Gasteiger partial charge in [-0.3, -0.25) is 0 Å². The molecule has 0 amide bonds. The van der Waals surface area contributed by atoms with Gasteiger partial charge in [-0.15, -0.1) is 0 Å². The summed E-state index contributed by atoms with van der Waals surface area (Å²) in [7, 11) is 0. The van der Waals surface area contributed by atoms with Crippen molar-refractivity contribution in [3.05, 3.63) is 33.8 Å². The van der Waals surface area contributed by atoms with Crippen molar-refractivity contribution >= 4 is 23.2 Å². The van der Waals surface area contributed by atoms with Gasteiger partial charge in [0, 0.05) is 5.54 Å². The molecule has 0 spiro atoms. The lowest BCUT2D eigenvalue weighted by atomic mass is 9.84. The molecule has 16 heavy (non-hydrogen) atoms. The Kier molecular flexibility index (Phi) is 2.98. The highest BCUT2D eigenvalue weighted by atomic mass is 35.5. The predicted octanol–water partition coefficient (Wildman–Crippen LogP) is 4.36. The Labute approximate surface area is 107 Å². The first kappa shape index (κ1) is 12.2. The monoisotopic (exact) mass is 257 g/mol. The van der Waals surface area contributed by atoms with Crippen molar-refractivity contribution in [2.24, 2.45) is 11.1 Å². The summed E-state index contributed by atoms with van der Waals surface area (Å²) in [5, 5.41) is 1.18. The van der Waals surface area contributed by atoms with Crippen LogP contribution in [0.5, 0.6) is 0 Å². The molecule has 1 saturated carbocycles. The summed E-state index contributed by atoms with van der Waals surface area (Å²) in [4.78, 5) is 0. The Morgan fingerprint density at radius 3 is 2.31 bits per heavy atom. The van der Waals surface area contributed by atoms with Crippen molar-refractivity contribution in [2.75, 3.05) is 0 Å². The number of hydrogen-bond donors (Lipinski definition) is 1. The van der Waals surface area contributed by atoms with E-state index in [0.29, 0.717) is 15.5 Å². The van der Waals surface area contributed by atoms with Crippen LogP contribution in [0.2, 0.25) is 10.0 Å². The molecule has 0 radical (unpaired) electrons. The van der Waals surface area contributed by atoms with Gasteiger partial charge in [0.2, 0.25) is 0 Å². The summed E-state index contributed by atoms with van der Waals surface area (Å²) < 4.78 is 0. The van der Waals surface area contributed by atoms with Gasteiger partial charge in [0.1, 0.15) is 0 Å². The van der Waals surface area contributed by atoms with Gasteiger partial charge in [0.15, 0.2) is 0 Å². The van der Waals surface area contributed by atoms with E-state index in [1.54, 1.807) is 0 Å². The molecule has 0 aliphatic heterocycles. The normalized spacial score (nSPS) is 28.3. The maximum Gasteiger partial charge on any atom is 0.0595 e. The molecule has 2 rings (SSSR count). The average Bonchev–Trinajstić information content (AvgIpc) is 2.47. The lowest BCUT2D eigenvalue weighted by Gasteiger charge is -2.27. The molecule has 1 unspecified atom stereocenters. The minimum atomic E-state index is -0.238. The summed E-state index contributed by atoms with van der Waals surface area (Å²) in [5.41, 5.74) is 7.66. The zero-order valence-electron chi connectivity index (χ0n) is 9.69. The van der Waals surface area contributed by atoms with Crippen molar-refractivity contribution < 1.29 is 0 Å². The van der Waals surface area contributed by atoms with Gasteiger partial charge in [-0.2, -0.15) is 0 Å². The van der Waals surface area contributed by atoms with E-state index < -0.39 is 0 Å². The average molecular weight is 258 g/mol. The molecular weight excluding hydrogens is 241 g/mol. The standard InChI is InChI=1S/C13H17Cl2N/c1-12(2)5-6-13(16,8-12)9-3-4-10(14)11(15)7-9/h3-4,7H,5-6,8,16H2,1-2H3. The number of benzene rings is 1. The summed E-state index contributed by atoms with van der Waals surface area (Å²) in [6.45, 7) is 4.53. The first-order chi connectivity index (χ1) is 7.32. The van der Waals surface area contributed by atoms with Crippen molar-refractivity contribution in [1.82, 2.24) is 0 Å². The maximum absolute atomic E-state index is 6.47. The Hall–Kier alpha value is -0.240. The zero-order chi connectivity index (χ0) is 12.0. The highest BCUT2D eigenvalue weighted by Gasteiger charge is 2.41. The van der Waals surface area contributed by atoms with Crippen LogP contribution in [0.1, 0.15) is 38.7 Å². The molecule has 1 atom stereocenters. The molecule has 1 aromatic carbocycles. The molecular formula is C13H17Cl2N. The van der Waals surface area contributed by atoms with Gasteiger partial charge in [-0.25, -0.2) is 0 Å². The van der Waals surface area contributed by atoms with E-state index in [9.17, 15) is 0 Å². The molecule has 1 aliphatic carbocycles. The molecule has 3 heteroatoms. The predicted molar refractivity (Wildman–Crippen MR) is 70.0 cm³/mol. The second kappa shape index (κ2) is 3.90. The van der Waals surface area contributed by atoms with E-state index in [1.165, 1.54) is 0 Å².